The van der Waals surface area contributed by atoms with Crippen LogP contribution in [0.15, 0.2) is 18.2 Å². The maximum atomic E-state index is 12.9. The zero-order chi connectivity index (χ0) is 21.0. The number of cyclic esters (lactones) is 1. The Kier molecular flexibility index (Phi) is 5.53. The van der Waals surface area contributed by atoms with Gasteiger partial charge in [-0.05, 0) is 31.2 Å². The highest BCUT2D eigenvalue weighted by Crippen LogP contribution is 2.55. The number of hydrogen-bond donors (Lipinski definition) is 0. The van der Waals surface area contributed by atoms with Gasteiger partial charge in [0.15, 0.2) is 23.0 Å². The van der Waals surface area contributed by atoms with Crippen molar-refractivity contribution in [2.75, 3.05) is 41.7 Å². The zero-order valence-corrected chi connectivity index (χ0v) is 18.5. The van der Waals surface area contributed by atoms with Crippen molar-refractivity contribution in [1.29, 1.82) is 0 Å². The average Bonchev–Trinajstić information content (AvgIpc) is 3.35. The molecule has 2 aromatic carbocycles. The van der Waals surface area contributed by atoms with E-state index in [-0.39, 0.29) is 25.2 Å². The number of carbonyl (C=O) groups excluding carboxylic acids is 1. The summed E-state index contributed by atoms with van der Waals surface area (Å²) in [6.45, 7) is 0.963. The normalized spacial score (nSPS) is 21.0. The number of rotatable bonds is 4. The van der Waals surface area contributed by atoms with Gasteiger partial charge in [-0.2, -0.15) is 0 Å². The molecule has 8 nitrogen and oxygen atoms in total. The Bertz CT molecular complexity index is 1040. The molecule has 166 valence electrons. The van der Waals surface area contributed by atoms with Gasteiger partial charge in [0.1, 0.15) is 11.7 Å². The van der Waals surface area contributed by atoms with Crippen molar-refractivity contribution < 1.29 is 33.2 Å². The molecular formula is C22H24ClNO7. The third-order valence-electron chi connectivity index (χ3n) is 6.06. The molecule has 0 N–H and O–H groups in total. The van der Waals surface area contributed by atoms with E-state index < -0.39 is 12.1 Å². The largest absolute Gasteiger partial charge is 0.493 e. The molecule has 2 aromatic rings. The fourth-order valence-electron chi connectivity index (χ4n) is 4.71. The molecule has 5 rings (SSSR count). The zero-order valence-electron chi connectivity index (χ0n) is 17.7. The van der Waals surface area contributed by atoms with Crippen molar-refractivity contribution >= 4 is 18.4 Å². The maximum absolute atomic E-state index is 12.9. The Morgan fingerprint density at radius 1 is 1.06 bits per heavy atom. The van der Waals surface area contributed by atoms with E-state index >= 15 is 0 Å². The number of benzene rings is 2. The molecule has 0 radical (unpaired) electrons. The second-order valence-electron chi connectivity index (χ2n) is 7.48. The highest BCUT2D eigenvalue weighted by molar-refractivity contribution is 5.98. The first-order chi connectivity index (χ1) is 14.6. The van der Waals surface area contributed by atoms with E-state index in [1.54, 1.807) is 20.3 Å². The van der Waals surface area contributed by atoms with Gasteiger partial charge < -0.3 is 28.4 Å². The fourth-order valence-corrected chi connectivity index (χ4v) is 4.71. The van der Waals surface area contributed by atoms with E-state index in [4.69, 9.17) is 28.4 Å². The van der Waals surface area contributed by atoms with E-state index in [0.717, 1.165) is 29.7 Å². The predicted octanol–water partition coefficient (Wildman–Crippen LogP) is 3.30. The van der Waals surface area contributed by atoms with Crippen molar-refractivity contribution in [3.8, 4) is 28.7 Å². The molecule has 0 aromatic heterocycles. The summed E-state index contributed by atoms with van der Waals surface area (Å²) in [5, 5.41) is 0. The lowest BCUT2D eigenvalue weighted by Gasteiger charge is -2.38. The highest BCUT2D eigenvalue weighted by atomic mass is 35.5. The second-order valence-corrected chi connectivity index (χ2v) is 7.48. The van der Waals surface area contributed by atoms with Crippen molar-refractivity contribution in [3.63, 3.8) is 0 Å². The average molecular weight is 450 g/mol. The molecule has 0 bridgehead atoms. The number of esters is 1. The third-order valence-corrected chi connectivity index (χ3v) is 6.06. The molecule has 0 saturated heterocycles. The number of fused-ring (bicyclic) bond motifs is 3. The van der Waals surface area contributed by atoms with Crippen molar-refractivity contribution in [3.05, 3.63) is 40.5 Å². The number of likely N-dealkylation sites (N-methyl/N-ethyl adjacent to an activating group) is 1. The lowest BCUT2D eigenvalue weighted by atomic mass is 9.85. The van der Waals surface area contributed by atoms with Crippen LogP contribution in [-0.4, -0.2) is 52.6 Å². The predicted molar refractivity (Wildman–Crippen MR) is 113 cm³/mol. The Balaban J connectivity index is 0.00000231. The molecule has 31 heavy (non-hydrogen) atoms. The van der Waals surface area contributed by atoms with Gasteiger partial charge in [0.25, 0.3) is 0 Å². The summed E-state index contributed by atoms with van der Waals surface area (Å²) in [5.74, 6) is 2.36. The van der Waals surface area contributed by atoms with E-state index in [2.05, 4.69) is 4.90 Å². The minimum absolute atomic E-state index is 0. The number of halogens is 1. The molecule has 2 atom stereocenters. The molecule has 0 amide bonds. The smallest absolute Gasteiger partial charge is 0.343 e. The van der Waals surface area contributed by atoms with Crippen LogP contribution in [0.1, 0.15) is 39.2 Å². The van der Waals surface area contributed by atoms with E-state index in [1.165, 1.54) is 7.11 Å². The summed E-state index contributed by atoms with van der Waals surface area (Å²) >= 11 is 0. The summed E-state index contributed by atoms with van der Waals surface area (Å²) in [5.41, 5.74) is 3.23. The van der Waals surface area contributed by atoms with Gasteiger partial charge in [-0.3, -0.25) is 4.90 Å². The molecule has 3 heterocycles. The van der Waals surface area contributed by atoms with Gasteiger partial charge >= 0.3 is 5.97 Å². The molecule has 3 aliphatic heterocycles. The first-order valence-electron chi connectivity index (χ1n) is 9.74. The number of ether oxygens (including phenoxy) is 6. The van der Waals surface area contributed by atoms with Crippen LogP contribution in [0.25, 0.3) is 0 Å². The molecule has 3 aliphatic rings. The lowest BCUT2D eigenvalue weighted by Crippen LogP contribution is -2.36. The van der Waals surface area contributed by atoms with Crippen LogP contribution in [0.2, 0.25) is 0 Å². The summed E-state index contributed by atoms with van der Waals surface area (Å²) in [7, 11) is 6.70. The number of hydrogen-bond acceptors (Lipinski definition) is 8. The Labute approximate surface area is 186 Å². The van der Waals surface area contributed by atoms with Crippen molar-refractivity contribution in [2.24, 2.45) is 0 Å². The maximum Gasteiger partial charge on any atom is 0.343 e. The number of methoxy groups -OCH3 is 3. The van der Waals surface area contributed by atoms with E-state index in [0.29, 0.717) is 34.3 Å². The second kappa shape index (κ2) is 8.01. The van der Waals surface area contributed by atoms with Crippen LogP contribution in [0.4, 0.5) is 0 Å². The van der Waals surface area contributed by atoms with Crippen LogP contribution in [-0.2, 0) is 11.2 Å². The standard InChI is InChI=1S/C22H23NO7.ClH/c1-23-8-7-11-9-14-20(29-10-28-14)21(27-4)15(11)17(23)18-12-5-6-13(25-2)19(26-3)16(12)22(24)30-18;/h5-6,9,17-18H,7-8,10H2,1-4H3;1H/t17-,18?;/m0./s1. The molecular weight excluding hydrogens is 426 g/mol. The Morgan fingerprint density at radius 2 is 1.84 bits per heavy atom. The van der Waals surface area contributed by atoms with Gasteiger partial charge in [-0.15, -0.1) is 12.4 Å². The summed E-state index contributed by atoms with van der Waals surface area (Å²) in [6, 6.07) is 5.43. The van der Waals surface area contributed by atoms with Gasteiger partial charge in [0.05, 0.1) is 27.4 Å². The van der Waals surface area contributed by atoms with Crippen LogP contribution in [0, 0.1) is 0 Å². The van der Waals surface area contributed by atoms with Crippen LogP contribution >= 0.6 is 12.4 Å². The topological polar surface area (TPSA) is 75.7 Å². The fraction of sp³-hybridized carbons (Fsp3) is 0.409. The minimum atomic E-state index is -0.523. The highest BCUT2D eigenvalue weighted by Gasteiger charge is 2.46. The molecule has 0 saturated carbocycles. The molecule has 9 heteroatoms. The third kappa shape index (κ3) is 3.04. The first-order valence-corrected chi connectivity index (χ1v) is 9.74. The summed E-state index contributed by atoms with van der Waals surface area (Å²) in [4.78, 5) is 15.1. The van der Waals surface area contributed by atoms with E-state index in [1.807, 2.05) is 19.2 Å². The minimum Gasteiger partial charge on any atom is -0.493 e. The SMILES string of the molecule is COc1ccc2c(c1OC)C(=O)OC2[C@@H]1c2c(cc3c(c2OC)OCO3)CCN1C.Cl. The van der Waals surface area contributed by atoms with Crippen LogP contribution < -0.4 is 23.7 Å². The monoisotopic (exact) mass is 449 g/mol. The van der Waals surface area contributed by atoms with Gasteiger partial charge in [0, 0.05) is 17.7 Å². The van der Waals surface area contributed by atoms with Gasteiger partial charge in [-0.1, -0.05) is 6.07 Å². The molecule has 1 unspecified atom stereocenters. The molecule has 0 aliphatic carbocycles. The van der Waals surface area contributed by atoms with E-state index in [9.17, 15) is 4.79 Å². The van der Waals surface area contributed by atoms with Gasteiger partial charge in [0.2, 0.25) is 12.5 Å². The first kappa shape index (κ1) is 21.4. The summed E-state index contributed by atoms with van der Waals surface area (Å²) in [6.07, 6.45) is 0.306. The summed E-state index contributed by atoms with van der Waals surface area (Å²) < 4.78 is 33.8. The van der Waals surface area contributed by atoms with Crippen LogP contribution in [0.3, 0.4) is 0 Å². The van der Waals surface area contributed by atoms with Crippen LogP contribution in [0.5, 0.6) is 28.7 Å². The molecule has 0 spiro atoms. The van der Waals surface area contributed by atoms with Crippen molar-refractivity contribution in [2.45, 2.75) is 18.6 Å². The number of carbonyl (C=O) groups is 1. The van der Waals surface area contributed by atoms with Crippen molar-refractivity contribution in [1.82, 2.24) is 4.90 Å². The lowest BCUT2D eigenvalue weighted by molar-refractivity contribution is 0.00874. The Morgan fingerprint density at radius 3 is 2.55 bits per heavy atom. The Hall–Kier alpha value is -2.84. The number of nitrogens with zero attached hydrogens (tertiary/aromatic N) is 1. The van der Waals surface area contributed by atoms with Gasteiger partial charge in [-0.25, -0.2) is 4.79 Å². The molecule has 0 fully saturated rings. The quantitative estimate of drug-likeness (QED) is 0.658.